The molecule has 0 bridgehead atoms. The molecule has 0 N–H and O–H groups in total. The third-order valence-electron chi connectivity index (χ3n) is 8.61. The molecular weight excluding hydrogens is 719 g/mol. The van der Waals surface area contributed by atoms with E-state index in [1.807, 2.05) is 0 Å². The van der Waals surface area contributed by atoms with Gasteiger partial charge in [0, 0.05) is 9.52 Å². The number of hydrogen-bond acceptors (Lipinski definition) is 0. The van der Waals surface area contributed by atoms with E-state index < -0.39 is 20.8 Å². The molecule has 0 fully saturated rings. The Morgan fingerprint density at radius 1 is 0.562 bits per heavy atom. The second-order valence-electron chi connectivity index (χ2n) is 12.2. The van der Waals surface area contributed by atoms with Crippen LogP contribution in [0.1, 0.15) is 75.6 Å². The molecule has 0 heterocycles. The van der Waals surface area contributed by atoms with Crippen LogP contribution in [0.3, 0.4) is 0 Å². The van der Waals surface area contributed by atoms with Crippen molar-refractivity contribution in [1.82, 2.24) is 0 Å². The Morgan fingerprint density at radius 2 is 0.917 bits per heavy atom. The summed E-state index contributed by atoms with van der Waals surface area (Å²) in [4.78, 5) is 0. The fraction of sp³-hybridized carbons (Fsp3) is 0.318. The van der Waals surface area contributed by atoms with Gasteiger partial charge in [0.05, 0.1) is 0 Å². The van der Waals surface area contributed by atoms with Gasteiger partial charge in [-0.05, 0) is 49.7 Å². The van der Waals surface area contributed by atoms with Gasteiger partial charge in [0.25, 0.3) is 0 Å². The molecule has 250 valence electrons. The number of halogens is 2. The van der Waals surface area contributed by atoms with E-state index in [0.29, 0.717) is 0 Å². The molecule has 2 radical (unpaired) electrons. The molecule has 0 saturated heterocycles. The van der Waals surface area contributed by atoms with Gasteiger partial charge < -0.3 is 0 Å². The summed E-state index contributed by atoms with van der Waals surface area (Å²) in [6.45, 7) is 13.3. The van der Waals surface area contributed by atoms with Crippen LogP contribution < -0.4 is 0 Å². The summed E-state index contributed by atoms with van der Waals surface area (Å²) in [6, 6.07) is 40.4. The molecule has 0 aliphatic heterocycles. The SMILES string of the molecule is CCCCc1ccc2[cH-]c(CC)cc2c1-c1ccccc1.CCCCc1ccc2[cH-]c(CC)cc2c1-c1ccccc1.C[Si]C.[Cl][Zr+2][Cl]. The van der Waals surface area contributed by atoms with Crippen LogP contribution in [0.4, 0.5) is 0 Å². The van der Waals surface area contributed by atoms with Crippen molar-refractivity contribution in [2.24, 2.45) is 0 Å². The summed E-state index contributed by atoms with van der Waals surface area (Å²) in [5.74, 6) is 0. The summed E-state index contributed by atoms with van der Waals surface area (Å²) in [6.07, 6.45) is 9.55. The van der Waals surface area contributed by atoms with Gasteiger partial charge in [0.2, 0.25) is 0 Å². The van der Waals surface area contributed by atoms with Crippen LogP contribution in [0.25, 0.3) is 43.8 Å². The number of fused-ring (bicyclic) bond motifs is 2. The third-order valence-corrected chi connectivity index (χ3v) is 8.61. The number of unbranched alkanes of at least 4 members (excludes halogenated alkanes) is 2. The Hall–Kier alpha value is -2.22. The molecule has 0 aliphatic carbocycles. The van der Waals surface area contributed by atoms with Crippen molar-refractivity contribution in [1.29, 1.82) is 0 Å². The molecule has 4 heteroatoms. The zero-order valence-corrected chi connectivity index (χ0v) is 34.8. The predicted octanol–water partition coefficient (Wildman–Crippen LogP) is 14.4. The van der Waals surface area contributed by atoms with Crippen molar-refractivity contribution >= 4 is 48.1 Å². The Kier molecular flexibility index (Phi) is 18.8. The third kappa shape index (κ3) is 11.4. The molecule has 48 heavy (non-hydrogen) atoms. The van der Waals surface area contributed by atoms with Crippen LogP contribution in [0.15, 0.2) is 109 Å². The molecule has 0 unspecified atom stereocenters. The normalized spacial score (nSPS) is 10.3. The average Bonchev–Trinajstić information content (AvgIpc) is 3.75. The monoisotopic (exact) mass is 768 g/mol. The van der Waals surface area contributed by atoms with Crippen molar-refractivity contribution in [3.05, 3.63) is 131 Å². The first-order valence-corrected chi connectivity index (χ1v) is 25.9. The zero-order chi connectivity index (χ0) is 34.7. The molecule has 0 spiro atoms. The average molecular weight is 771 g/mol. The van der Waals surface area contributed by atoms with Crippen molar-refractivity contribution in [2.75, 3.05) is 0 Å². The maximum absolute atomic E-state index is 4.93. The number of aryl methyl sites for hydroxylation is 4. The van der Waals surface area contributed by atoms with Gasteiger partial charge >= 0.3 is 37.9 Å². The van der Waals surface area contributed by atoms with Crippen LogP contribution in [-0.2, 0) is 46.5 Å². The molecule has 0 amide bonds. The predicted molar refractivity (Wildman–Crippen MR) is 215 cm³/mol. The van der Waals surface area contributed by atoms with Crippen molar-refractivity contribution in [3.63, 3.8) is 0 Å². The van der Waals surface area contributed by atoms with E-state index >= 15 is 0 Å². The molecule has 6 aromatic carbocycles. The Labute approximate surface area is 312 Å². The molecular formula is C44H52Cl2SiZr. The molecule has 0 aliphatic rings. The summed E-state index contributed by atoms with van der Waals surface area (Å²) >= 11 is -0.826. The van der Waals surface area contributed by atoms with Crippen molar-refractivity contribution in [3.8, 4) is 22.3 Å². The fourth-order valence-electron chi connectivity index (χ4n) is 6.23. The van der Waals surface area contributed by atoms with Crippen molar-refractivity contribution < 1.29 is 20.8 Å². The van der Waals surface area contributed by atoms with Crippen molar-refractivity contribution in [2.45, 2.75) is 92.2 Å². The van der Waals surface area contributed by atoms with Gasteiger partial charge in [-0.15, -0.1) is 69.1 Å². The minimum atomic E-state index is -0.826. The van der Waals surface area contributed by atoms with E-state index in [-0.39, 0.29) is 0 Å². The Bertz CT molecular complexity index is 1620. The first-order valence-electron chi connectivity index (χ1n) is 17.6. The van der Waals surface area contributed by atoms with E-state index in [1.165, 1.54) is 105 Å². The zero-order valence-electron chi connectivity index (χ0n) is 29.8. The van der Waals surface area contributed by atoms with Gasteiger partial charge in [-0.3, -0.25) is 0 Å². The van der Waals surface area contributed by atoms with Gasteiger partial charge in [0.15, 0.2) is 0 Å². The van der Waals surface area contributed by atoms with E-state index in [1.54, 1.807) is 0 Å². The van der Waals surface area contributed by atoms with E-state index in [2.05, 4.69) is 150 Å². The molecule has 0 saturated carbocycles. The summed E-state index contributed by atoms with van der Waals surface area (Å²) < 4.78 is 0. The van der Waals surface area contributed by atoms with Crippen LogP contribution >= 0.6 is 17.0 Å². The van der Waals surface area contributed by atoms with Gasteiger partial charge in [-0.1, -0.05) is 137 Å². The molecule has 6 rings (SSSR count). The second-order valence-corrected chi connectivity index (χ2v) is 16.9. The maximum atomic E-state index is 4.93. The molecule has 0 aromatic heterocycles. The fourth-order valence-corrected chi connectivity index (χ4v) is 6.23. The topological polar surface area (TPSA) is 0 Å². The first-order chi connectivity index (χ1) is 23.5. The van der Waals surface area contributed by atoms with Crippen LogP contribution in [0.2, 0.25) is 13.1 Å². The summed E-state index contributed by atoms with van der Waals surface area (Å²) in [7, 11) is 11.0. The Morgan fingerprint density at radius 3 is 1.23 bits per heavy atom. The summed E-state index contributed by atoms with van der Waals surface area (Å²) in [5.41, 5.74) is 11.4. The number of benzene rings is 4. The van der Waals surface area contributed by atoms with Gasteiger partial charge in [-0.25, -0.2) is 0 Å². The molecule has 6 aromatic rings. The van der Waals surface area contributed by atoms with Gasteiger partial charge in [-0.2, -0.15) is 12.1 Å². The summed E-state index contributed by atoms with van der Waals surface area (Å²) in [5, 5.41) is 5.61. The van der Waals surface area contributed by atoms with E-state index in [4.69, 9.17) is 17.0 Å². The molecule has 0 nitrogen and oxygen atoms in total. The standard InChI is InChI=1S/2C21H23.C2H6Si.2ClH.Zr/c2*1-3-5-9-18-12-13-19-14-16(4-2)15-20(19)21(18)17-10-7-6-8-11-17;1-3-2;;;/h2*6-8,10-15H,3-5,9H2,1-2H3;1-2H3;2*1H;/q2*-1;;;;+4/p-2. The van der Waals surface area contributed by atoms with Crippen LogP contribution in [0, 0.1) is 0 Å². The Balaban J connectivity index is 0.000000224. The quantitative estimate of drug-likeness (QED) is 0.0961. The van der Waals surface area contributed by atoms with E-state index in [0.717, 1.165) is 22.4 Å². The molecule has 0 atom stereocenters. The minimum absolute atomic E-state index is 0.826. The number of hydrogen-bond donors (Lipinski definition) is 0. The van der Waals surface area contributed by atoms with Crippen LogP contribution in [0.5, 0.6) is 0 Å². The number of rotatable bonds is 10. The second kappa shape index (κ2) is 22.5. The van der Waals surface area contributed by atoms with Gasteiger partial charge in [0.1, 0.15) is 0 Å². The van der Waals surface area contributed by atoms with Crippen LogP contribution in [-0.4, -0.2) is 9.52 Å². The van der Waals surface area contributed by atoms with E-state index in [9.17, 15) is 0 Å². The first kappa shape index (κ1) is 40.2.